The SMILES string of the molecule is CCOC(F)(F)C(F)(F)C(F)(F)C(F)(C(F)(F)F)C(F)(F)F. The van der Waals surface area contributed by atoms with E-state index in [1.165, 1.54) is 0 Å². The molecule has 0 bridgehead atoms. The molecule has 0 radical (unpaired) electrons. The van der Waals surface area contributed by atoms with Crippen LogP contribution in [0.25, 0.3) is 0 Å². The molecular formula is C8H5F13O. The summed E-state index contributed by atoms with van der Waals surface area (Å²) in [5.74, 6) is -15.4. The highest BCUT2D eigenvalue weighted by Gasteiger charge is 2.93. The van der Waals surface area contributed by atoms with Crippen molar-refractivity contribution in [1.29, 1.82) is 0 Å². The lowest BCUT2D eigenvalue weighted by molar-refractivity contribution is -0.469. The number of hydrogen-bond acceptors (Lipinski definition) is 1. The van der Waals surface area contributed by atoms with Gasteiger partial charge in [-0.1, -0.05) is 0 Å². The fraction of sp³-hybridized carbons (Fsp3) is 1.00. The standard InChI is InChI=1S/C8H5F13O/c1-2-22-8(20,21)5(12,13)4(10,11)3(9,6(14,15)16)7(17,18)19/h2H2,1H3. The predicted octanol–water partition coefficient (Wildman–Crippen LogP) is 4.72. The van der Waals surface area contributed by atoms with E-state index in [0.29, 0.717) is 6.92 Å². The summed E-state index contributed by atoms with van der Waals surface area (Å²) < 4.78 is 165. The molecule has 0 atom stereocenters. The largest absolute Gasteiger partial charge is 0.438 e. The van der Waals surface area contributed by atoms with Crippen LogP contribution in [0, 0.1) is 0 Å². The molecule has 0 heterocycles. The van der Waals surface area contributed by atoms with Crippen LogP contribution in [-0.2, 0) is 4.74 Å². The minimum Gasteiger partial charge on any atom is -0.316 e. The van der Waals surface area contributed by atoms with Crippen LogP contribution >= 0.6 is 0 Å². The summed E-state index contributed by atoms with van der Waals surface area (Å²) in [5, 5.41) is 0. The molecule has 22 heavy (non-hydrogen) atoms. The van der Waals surface area contributed by atoms with Crippen molar-refractivity contribution in [3.05, 3.63) is 0 Å². The Balaban J connectivity index is 6.38. The summed E-state index contributed by atoms with van der Waals surface area (Å²) in [6, 6.07) is 0. The van der Waals surface area contributed by atoms with Gasteiger partial charge in [0.2, 0.25) is 0 Å². The van der Waals surface area contributed by atoms with Crippen molar-refractivity contribution in [2.75, 3.05) is 6.61 Å². The maximum absolute atomic E-state index is 13.0. The molecule has 0 rings (SSSR count). The van der Waals surface area contributed by atoms with E-state index in [2.05, 4.69) is 4.74 Å². The topological polar surface area (TPSA) is 9.23 Å². The van der Waals surface area contributed by atoms with Crippen molar-refractivity contribution in [2.24, 2.45) is 0 Å². The molecule has 0 saturated heterocycles. The fourth-order valence-corrected chi connectivity index (χ4v) is 1.19. The zero-order chi connectivity index (χ0) is 18.4. The number of ether oxygens (including phenoxy) is 1. The normalized spacial score (nSPS) is 16.1. The van der Waals surface area contributed by atoms with E-state index in [1.807, 2.05) is 0 Å². The molecule has 134 valence electrons. The third-order valence-electron chi connectivity index (χ3n) is 2.30. The highest BCUT2D eigenvalue weighted by atomic mass is 19.4. The molecule has 0 aliphatic rings. The van der Waals surface area contributed by atoms with E-state index in [4.69, 9.17) is 0 Å². The maximum atomic E-state index is 13.0. The fourth-order valence-electron chi connectivity index (χ4n) is 1.19. The Hall–Kier alpha value is -0.950. The van der Waals surface area contributed by atoms with Gasteiger partial charge in [-0.25, -0.2) is 4.39 Å². The van der Waals surface area contributed by atoms with Gasteiger partial charge in [-0.15, -0.1) is 0 Å². The van der Waals surface area contributed by atoms with Crippen LogP contribution in [0.5, 0.6) is 0 Å². The van der Waals surface area contributed by atoms with Gasteiger partial charge in [0.25, 0.3) is 0 Å². The van der Waals surface area contributed by atoms with Crippen molar-refractivity contribution in [3.63, 3.8) is 0 Å². The summed E-state index contributed by atoms with van der Waals surface area (Å²) in [7, 11) is 0. The van der Waals surface area contributed by atoms with Crippen LogP contribution in [0.15, 0.2) is 0 Å². The number of alkyl halides is 13. The lowest BCUT2D eigenvalue weighted by atomic mass is 9.90. The number of rotatable bonds is 5. The smallest absolute Gasteiger partial charge is 0.316 e. The van der Waals surface area contributed by atoms with Crippen molar-refractivity contribution in [1.82, 2.24) is 0 Å². The van der Waals surface area contributed by atoms with E-state index >= 15 is 0 Å². The lowest BCUT2D eigenvalue weighted by Crippen LogP contribution is -2.73. The van der Waals surface area contributed by atoms with Crippen molar-refractivity contribution in [3.8, 4) is 0 Å². The minimum absolute atomic E-state index is 0.498. The first-order valence-electron chi connectivity index (χ1n) is 4.91. The average Bonchev–Trinajstić information content (AvgIpc) is 2.23. The molecule has 0 aliphatic heterocycles. The molecule has 0 saturated carbocycles. The van der Waals surface area contributed by atoms with Crippen molar-refractivity contribution < 1.29 is 61.8 Å². The average molecular weight is 364 g/mol. The van der Waals surface area contributed by atoms with Crippen molar-refractivity contribution in [2.45, 2.75) is 42.9 Å². The summed E-state index contributed by atoms with van der Waals surface area (Å²) in [4.78, 5) is 0. The molecule has 0 spiro atoms. The maximum Gasteiger partial charge on any atom is 0.438 e. The van der Waals surface area contributed by atoms with Crippen LogP contribution in [0.2, 0.25) is 0 Å². The quantitative estimate of drug-likeness (QED) is 0.642. The van der Waals surface area contributed by atoms with Gasteiger partial charge in [0, 0.05) is 0 Å². The first kappa shape index (κ1) is 21.0. The van der Waals surface area contributed by atoms with Gasteiger partial charge in [-0.2, -0.15) is 52.7 Å². The monoisotopic (exact) mass is 364 g/mol. The second kappa shape index (κ2) is 5.30. The summed E-state index contributed by atoms with van der Waals surface area (Å²) in [6.07, 6.45) is -21.8. The van der Waals surface area contributed by atoms with Crippen LogP contribution in [0.1, 0.15) is 6.92 Å². The zero-order valence-electron chi connectivity index (χ0n) is 10.0. The number of halogens is 13. The molecule has 0 unspecified atom stereocenters. The molecule has 1 nitrogen and oxygen atoms in total. The van der Waals surface area contributed by atoms with Crippen LogP contribution in [0.4, 0.5) is 57.1 Å². The molecule has 0 aromatic heterocycles. The molecule has 0 amide bonds. The van der Waals surface area contributed by atoms with Gasteiger partial charge in [-0.3, -0.25) is 0 Å². The van der Waals surface area contributed by atoms with E-state index in [1.54, 1.807) is 0 Å². The van der Waals surface area contributed by atoms with Gasteiger partial charge < -0.3 is 4.74 Å². The van der Waals surface area contributed by atoms with Crippen LogP contribution in [-0.4, -0.2) is 42.6 Å². The van der Waals surface area contributed by atoms with Crippen molar-refractivity contribution >= 4 is 0 Å². The predicted molar refractivity (Wildman–Crippen MR) is 42.4 cm³/mol. The van der Waals surface area contributed by atoms with Gasteiger partial charge in [0.05, 0.1) is 6.61 Å². The third kappa shape index (κ3) is 2.69. The second-order valence-corrected chi connectivity index (χ2v) is 3.75. The van der Waals surface area contributed by atoms with Gasteiger partial charge in [0.1, 0.15) is 0 Å². The molecule has 0 aromatic carbocycles. The molecule has 0 aromatic rings. The number of hydrogen-bond donors (Lipinski definition) is 0. The third-order valence-corrected chi connectivity index (χ3v) is 2.30. The molecule has 0 N–H and O–H groups in total. The van der Waals surface area contributed by atoms with E-state index < -0.39 is 42.6 Å². The molecule has 0 aliphatic carbocycles. The minimum atomic E-state index is -7.93. The van der Waals surface area contributed by atoms with Gasteiger partial charge >= 0.3 is 36.0 Å². The Labute approximate surface area is 113 Å². The molecule has 0 fully saturated rings. The highest BCUT2D eigenvalue weighted by molar-refractivity contribution is 5.12. The van der Waals surface area contributed by atoms with E-state index in [-0.39, 0.29) is 0 Å². The van der Waals surface area contributed by atoms with Gasteiger partial charge in [0.15, 0.2) is 0 Å². The molecule has 14 heteroatoms. The summed E-state index contributed by atoms with van der Waals surface area (Å²) in [6.45, 7) is -0.992. The first-order chi connectivity index (χ1) is 9.31. The Bertz CT molecular complexity index is 378. The van der Waals surface area contributed by atoms with E-state index in [0.717, 1.165) is 0 Å². The zero-order valence-corrected chi connectivity index (χ0v) is 10.0. The first-order valence-corrected chi connectivity index (χ1v) is 4.91. The Morgan fingerprint density at radius 2 is 0.909 bits per heavy atom. The second-order valence-electron chi connectivity index (χ2n) is 3.75. The Morgan fingerprint density at radius 3 is 1.14 bits per heavy atom. The van der Waals surface area contributed by atoms with Gasteiger partial charge in [-0.05, 0) is 6.92 Å². The van der Waals surface area contributed by atoms with Crippen LogP contribution in [0.3, 0.4) is 0 Å². The Morgan fingerprint density at radius 1 is 0.591 bits per heavy atom. The molecular weight excluding hydrogens is 359 g/mol. The Kier molecular flexibility index (Phi) is 5.07. The van der Waals surface area contributed by atoms with Crippen LogP contribution < -0.4 is 0 Å². The lowest BCUT2D eigenvalue weighted by Gasteiger charge is -2.41. The summed E-state index contributed by atoms with van der Waals surface area (Å²) >= 11 is 0. The van der Waals surface area contributed by atoms with E-state index in [9.17, 15) is 57.1 Å². The highest BCUT2D eigenvalue weighted by Crippen LogP contribution is 2.61. The summed E-state index contributed by atoms with van der Waals surface area (Å²) in [5.41, 5.74) is -7.93.